The molecule has 0 N–H and O–H groups in total. The summed E-state index contributed by atoms with van der Waals surface area (Å²) in [5.41, 5.74) is 1.59. The Morgan fingerprint density at radius 3 is 2.82 bits per heavy atom. The Morgan fingerprint density at radius 1 is 1.45 bits per heavy atom. The molecule has 0 atom stereocenters. The standard InChI is InChI=1S/C10H17N/c1-11(2)9-5-8-10-6-3-4-7-10/h3-4,6H,5,7-9H2,1-2H3. The van der Waals surface area contributed by atoms with Crippen LogP contribution in [0.3, 0.4) is 0 Å². The zero-order chi connectivity index (χ0) is 8.10. The minimum absolute atomic E-state index is 1.19. The van der Waals surface area contributed by atoms with Crippen LogP contribution in [0, 0.1) is 0 Å². The summed E-state index contributed by atoms with van der Waals surface area (Å²) >= 11 is 0. The van der Waals surface area contributed by atoms with Crippen molar-refractivity contribution in [3.8, 4) is 0 Å². The number of allylic oxidation sites excluding steroid dienone is 4. The monoisotopic (exact) mass is 151 g/mol. The van der Waals surface area contributed by atoms with Gasteiger partial charge in [-0.25, -0.2) is 0 Å². The van der Waals surface area contributed by atoms with E-state index in [0.29, 0.717) is 0 Å². The number of hydrogen-bond acceptors (Lipinski definition) is 1. The minimum atomic E-state index is 1.19. The van der Waals surface area contributed by atoms with Gasteiger partial charge >= 0.3 is 0 Å². The van der Waals surface area contributed by atoms with Crippen LogP contribution in [-0.4, -0.2) is 25.5 Å². The molecule has 0 spiro atoms. The lowest BCUT2D eigenvalue weighted by atomic mass is 10.1. The molecule has 0 radical (unpaired) electrons. The highest BCUT2D eigenvalue weighted by molar-refractivity contribution is 5.22. The van der Waals surface area contributed by atoms with E-state index < -0.39 is 0 Å². The molecule has 0 aromatic carbocycles. The number of rotatable bonds is 4. The van der Waals surface area contributed by atoms with Gasteiger partial charge in [-0.15, -0.1) is 0 Å². The van der Waals surface area contributed by atoms with E-state index in [1.54, 1.807) is 5.57 Å². The molecule has 0 aliphatic heterocycles. The molecule has 0 aromatic rings. The Kier molecular flexibility index (Phi) is 3.37. The van der Waals surface area contributed by atoms with Crippen molar-refractivity contribution in [1.82, 2.24) is 4.90 Å². The largest absolute Gasteiger partial charge is 0.309 e. The maximum absolute atomic E-state index is 2.25. The van der Waals surface area contributed by atoms with Crippen molar-refractivity contribution < 1.29 is 0 Å². The fraction of sp³-hybridized carbons (Fsp3) is 0.600. The van der Waals surface area contributed by atoms with Crippen molar-refractivity contribution in [2.75, 3.05) is 20.6 Å². The van der Waals surface area contributed by atoms with E-state index in [4.69, 9.17) is 0 Å². The van der Waals surface area contributed by atoms with Crippen LogP contribution in [0.5, 0.6) is 0 Å². The highest BCUT2D eigenvalue weighted by atomic mass is 15.0. The average Bonchev–Trinajstić information content (AvgIpc) is 2.39. The summed E-state index contributed by atoms with van der Waals surface area (Å²) in [6.07, 6.45) is 10.4. The van der Waals surface area contributed by atoms with Crippen LogP contribution in [-0.2, 0) is 0 Å². The van der Waals surface area contributed by atoms with Crippen LogP contribution in [0.2, 0.25) is 0 Å². The fourth-order valence-corrected chi connectivity index (χ4v) is 1.30. The summed E-state index contributed by atoms with van der Waals surface area (Å²) in [5.74, 6) is 0. The first-order chi connectivity index (χ1) is 5.29. The van der Waals surface area contributed by atoms with Crippen LogP contribution >= 0.6 is 0 Å². The number of nitrogens with zero attached hydrogens (tertiary/aromatic N) is 1. The molecule has 0 amide bonds. The summed E-state index contributed by atoms with van der Waals surface area (Å²) in [6, 6.07) is 0. The Balaban J connectivity index is 2.04. The topological polar surface area (TPSA) is 3.24 Å². The van der Waals surface area contributed by atoms with Gasteiger partial charge in [-0.05, 0) is 39.9 Å². The molecular weight excluding hydrogens is 134 g/mol. The van der Waals surface area contributed by atoms with Crippen molar-refractivity contribution in [3.05, 3.63) is 23.8 Å². The van der Waals surface area contributed by atoms with E-state index in [9.17, 15) is 0 Å². The van der Waals surface area contributed by atoms with Crippen LogP contribution in [0.15, 0.2) is 23.8 Å². The third kappa shape index (κ3) is 3.38. The first-order valence-electron chi connectivity index (χ1n) is 4.28. The van der Waals surface area contributed by atoms with Crippen molar-refractivity contribution in [3.63, 3.8) is 0 Å². The molecule has 0 heterocycles. The summed E-state index contributed by atoms with van der Waals surface area (Å²) in [5, 5.41) is 0. The van der Waals surface area contributed by atoms with Gasteiger partial charge in [0.05, 0.1) is 0 Å². The van der Waals surface area contributed by atoms with Gasteiger partial charge in [-0.2, -0.15) is 0 Å². The predicted molar refractivity (Wildman–Crippen MR) is 49.6 cm³/mol. The van der Waals surface area contributed by atoms with Crippen LogP contribution in [0.1, 0.15) is 19.3 Å². The quantitative estimate of drug-likeness (QED) is 0.595. The van der Waals surface area contributed by atoms with Gasteiger partial charge in [0.1, 0.15) is 0 Å². The Hall–Kier alpha value is -0.560. The molecule has 0 bridgehead atoms. The second-order valence-electron chi connectivity index (χ2n) is 3.36. The predicted octanol–water partition coefficient (Wildman–Crippen LogP) is 2.21. The summed E-state index contributed by atoms with van der Waals surface area (Å²) in [4.78, 5) is 2.24. The Morgan fingerprint density at radius 2 is 2.27 bits per heavy atom. The lowest BCUT2D eigenvalue weighted by Crippen LogP contribution is -2.12. The smallest absolute Gasteiger partial charge is 0.00218 e. The molecule has 0 aromatic heterocycles. The van der Waals surface area contributed by atoms with Crippen molar-refractivity contribution in [2.24, 2.45) is 0 Å². The highest BCUT2D eigenvalue weighted by Gasteiger charge is 1.98. The SMILES string of the molecule is CN(C)CCCC1=CC=CC1. The van der Waals surface area contributed by atoms with Crippen LogP contribution in [0.25, 0.3) is 0 Å². The molecule has 62 valence electrons. The van der Waals surface area contributed by atoms with Gasteiger partial charge in [-0.3, -0.25) is 0 Å². The zero-order valence-electron chi connectivity index (χ0n) is 7.51. The van der Waals surface area contributed by atoms with Crippen molar-refractivity contribution in [1.29, 1.82) is 0 Å². The molecule has 0 saturated heterocycles. The maximum Gasteiger partial charge on any atom is -0.00218 e. The summed E-state index contributed by atoms with van der Waals surface area (Å²) in [7, 11) is 4.25. The fourth-order valence-electron chi connectivity index (χ4n) is 1.30. The van der Waals surface area contributed by atoms with E-state index in [1.165, 1.54) is 25.8 Å². The van der Waals surface area contributed by atoms with Crippen molar-refractivity contribution in [2.45, 2.75) is 19.3 Å². The van der Waals surface area contributed by atoms with E-state index in [-0.39, 0.29) is 0 Å². The van der Waals surface area contributed by atoms with Gasteiger partial charge in [0.2, 0.25) is 0 Å². The van der Waals surface area contributed by atoms with Gasteiger partial charge in [0, 0.05) is 0 Å². The molecule has 1 rings (SSSR count). The molecular formula is C10H17N. The Labute approximate surface area is 69.4 Å². The molecule has 11 heavy (non-hydrogen) atoms. The van der Waals surface area contributed by atoms with Gasteiger partial charge in [-0.1, -0.05) is 23.8 Å². The highest BCUT2D eigenvalue weighted by Crippen LogP contribution is 2.15. The van der Waals surface area contributed by atoms with Gasteiger partial charge in [0.15, 0.2) is 0 Å². The lowest BCUT2D eigenvalue weighted by molar-refractivity contribution is 0.400. The Bertz CT molecular complexity index is 166. The molecule has 1 nitrogen and oxygen atoms in total. The molecule has 0 fully saturated rings. The van der Waals surface area contributed by atoms with Crippen LogP contribution in [0.4, 0.5) is 0 Å². The zero-order valence-corrected chi connectivity index (χ0v) is 7.51. The van der Waals surface area contributed by atoms with Crippen LogP contribution < -0.4 is 0 Å². The van der Waals surface area contributed by atoms with E-state index >= 15 is 0 Å². The molecule has 0 saturated carbocycles. The summed E-state index contributed by atoms with van der Waals surface area (Å²) < 4.78 is 0. The molecule has 0 unspecified atom stereocenters. The van der Waals surface area contributed by atoms with E-state index in [0.717, 1.165) is 0 Å². The second-order valence-corrected chi connectivity index (χ2v) is 3.36. The minimum Gasteiger partial charge on any atom is -0.309 e. The summed E-state index contributed by atoms with van der Waals surface area (Å²) in [6.45, 7) is 1.21. The maximum atomic E-state index is 2.25. The lowest BCUT2D eigenvalue weighted by Gasteiger charge is -2.08. The van der Waals surface area contributed by atoms with Gasteiger partial charge < -0.3 is 4.90 Å². The first kappa shape index (κ1) is 8.54. The third-order valence-electron chi connectivity index (χ3n) is 1.95. The normalized spacial score (nSPS) is 16.1. The molecule has 1 aliphatic carbocycles. The molecule has 1 heteroatoms. The van der Waals surface area contributed by atoms with Gasteiger partial charge in [0.25, 0.3) is 0 Å². The first-order valence-corrected chi connectivity index (χ1v) is 4.28. The van der Waals surface area contributed by atoms with E-state index in [2.05, 4.69) is 37.2 Å². The second kappa shape index (κ2) is 4.35. The number of hydrogen-bond donors (Lipinski definition) is 0. The molecule has 1 aliphatic rings. The van der Waals surface area contributed by atoms with Crippen molar-refractivity contribution >= 4 is 0 Å². The van der Waals surface area contributed by atoms with E-state index in [1.807, 2.05) is 0 Å². The average molecular weight is 151 g/mol. The third-order valence-corrected chi connectivity index (χ3v) is 1.95.